The fourth-order valence-electron chi connectivity index (χ4n) is 3.86. The molecule has 4 rings (SSSR count). The summed E-state index contributed by atoms with van der Waals surface area (Å²) >= 11 is 0. The summed E-state index contributed by atoms with van der Waals surface area (Å²) in [6, 6.07) is 6.63. The van der Waals surface area contributed by atoms with E-state index in [1.165, 1.54) is 12.1 Å². The molecule has 1 aromatic heterocycles. The average molecular weight is 413 g/mol. The zero-order valence-electron chi connectivity index (χ0n) is 15.7. The lowest BCUT2D eigenvalue weighted by Crippen LogP contribution is -2.42. The van der Waals surface area contributed by atoms with Crippen LogP contribution in [0, 0.1) is 0 Å². The number of ether oxygens (including phenoxy) is 1. The number of alkyl halides is 2. The van der Waals surface area contributed by atoms with Crippen LogP contribution in [0.4, 0.5) is 8.78 Å². The van der Waals surface area contributed by atoms with Crippen LogP contribution < -0.4 is 10.1 Å². The number of hydrogen-bond acceptors (Lipinski definition) is 4. The molecule has 0 saturated heterocycles. The van der Waals surface area contributed by atoms with Crippen molar-refractivity contribution in [3.05, 3.63) is 46.8 Å². The van der Waals surface area contributed by atoms with Crippen molar-refractivity contribution in [2.24, 2.45) is 0 Å². The molecule has 0 spiro atoms. The highest BCUT2D eigenvalue weighted by Crippen LogP contribution is 2.30. The largest absolute Gasteiger partial charge is 0.435 e. The molecule has 3 heterocycles. The minimum Gasteiger partial charge on any atom is -0.435 e. The van der Waals surface area contributed by atoms with E-state index in [0.717, 1.165) is 23.2 Å². The van der Waals surface area contributed by atoms with Gasteiger partial charge >= 0.3 is 6.61 Å². The number of rotatable bonds is 4. The minimum absolute atomic E-state index is 0. The van der Waals surface area contributed by atoms with Gasteiger partial charge < -0.3 is 15.0 Å². The van der Waals surface area contributed by atoms with E-state index in [1.54, 1.807) is 12.1 Å². The van der Waals surface area contributed by atoms with Crippen molar-refractivity contribution in [3.8, 4) is 5.75 Å². The van der Waals surface area contributed by atoms with Crippen molar-refractivity contribution in [2.75, 3.05) is 6.54 Å². The normalized spacial score (nSPS) is 19.7. The van der Waals surface area contributed by atoms with Crippen molar-refractivity contribution in [2.45, 2.75) is 52.1 Å². The lowest BCUT2D eigenvalue weighted by molar-refractivity contribution is -0.0498. The van der Waals surface area contributed by atoms with Gasteiger partial charge in [0.2, 0.25) is 0 Å². The lowest BCUT2D eigenvalue weighted by atomic mass is 10.00. The van der Waals surface area contributed by atoms with Gasteiger partial charge in [-0.3, -0.25) is 9.48 Å². The number of carbonyl (C=O) groups is 1. The number of benzene rings is 1. The summed E-state index contributed by atoms with van der Waals surface area (Å²) < 4.78 is 30.8. The molecule has 6 nitrogen and oxygen atoms in total. The minimum atomic E-state index is -2.85. The summed E-state index contributed by atoms with van der Waals surface area (Å²) in [7, 11) is 0. The Labute approximate surface area is 168 Å². The van der Waals surface area contributed by atoms with Crippen LogP contribution in [0.2, 0.25) is 0 Å². The van der Waals surface area contributed by atoms with Gasteiger partial charge in [-0.05, 0) is 31.5 Å². The second kappa shape index (κ2) is 8.05. The van der Waals surface area contributed by atoms with Gasteiger partial charge in [0.1, 0.15) is 11.4 Å². The van der Waals surface area contributed by atoms with Crippen LogP contribution in [0.5, 0.6) is 5.75 Å². The van der Waals surface area contributed by atoms with Gasteiger partial charge in [-0.25, -0.2) is 0 Å². The van der Waals surface area contributed by atoms with Gasteiger partial charge in [0.15, 0.2) is 0 Å². The summed E-state index contributed by atoms with van der Waals surface area (Å²) in [4.78, 5) is 15.0. The summed E-state index contributed by atoms with van der Waals surface area (Å²) in [6.45, 7) is 3.07. The van der Waals surface area contributed by atoms with Crippen LogP contribution in [-0.4, -0.2) is 39.8 Å². The molecule has 0 fully saturated rings. The molecule has 1 amide bonds. The summed E-state index contributed by atoms with van der Waals surface area (Å²) in [6.07, 6.45) is 0.823. The lowest BCUT2D eigenvalue weighted by Gasteiger charge is -2.33. The van der Waals surface area contributed by atoms with E-state index in [9.17, 15) is 13.6 Å². The van der Waals surface area contributed by atoms with Gasteiger partial charge in [-0.15, -0.1) is 12.4 Å². The number of carbonyl (C=O) groups excluding carboxylic acids is 1. The predicted octanol–water partition coefficient (Wildman–Crippen LogP) is 3.16. The monoisotopic (exact) mass is 412 g/mol. The Hall–Kier alpha value is -2.19. The Morgan fingerprint density at radius 3 is 2.64 bits per heavy atom. The molecule has 152 valence electrons. The molecule has 1 aromatic carbocycles. The SMILES string of the molecule is CC(c1ccc(OC(F)F)cc1)N1CCn2nc3c(c2C1=O)CN[C@H](C)C3.Cl. The zero-order chi connectivity index (χ0) is 19.1. The fourth-order valence-corrected chi connectivity index (χ4v) is 3.86. The molecule has 2 aromatic rings. The van der Waals surface area contributed by atoms with E-state index in [2.05, 4.69) is 22.1 Å². The maximum Gasteiger partial charge on any atom is 0.387 e. The first-order chi connectivity index (χ1) is 12.9. The van der Waals surface area contributed by atoms with E-state index in [-0.39, 0.29) is 30.1 Å². The molecule has 0 saturated carbocycles. The number of hydrogen-bond donors (Lipinski definition) is 1. The topological polar surface area (TPSA) is 59.4 Å². The number of nitrogens with one attached hydrogen (secondary N) is 1. The van der Waals surface area contributed by atoms with E-state index >= 15 is 0 Å². The molecule has 2 aliphatic heterocycles. The first kappa shape index (κ1) is 20.5. The van der Waals surface area contributed by atoms with Crippen LogP contribution >= 0.6 is 12.4 Å². The molecule has 2 aliphatic rings. The Balaban J connectivity index is 0.00000225. The van der Waals surface area contributed by atoms with Crippen LogP contribution in [0.15, 0.2) is 24.3 Å². The number of amides is 1. The first-order valence-corrected chi connectivity index (χ1v) is 9.11. The van der Waals surface area contributed by atoms with Crippen molar-refractivity contribution in [1.82, 2.24) is 20.0 Å². The molecular weight excluding hydrogens is 390 g/mol. The van der Waals surface area contributed by atoms with E-state index in [1.807, 2.05) is 16.5 Å². The maximum absolute atomic E-state index is 13.2. The first-order valence-electron chi connectivity index (χ1n) is 9.11. The maximum atomic E-state index is 13.2. The third kappa shape index (κ3) is 3.71. The molecule has 9 heteroatoms. The fraction of sp³-hybridized carbons (Fsp3) is 0.474. The summed E-state index contributed by atoms with van der Waals surface area (Å²) in [5, 5.41) is 8.03. The molecule has 1 unspecified atom stereocenters. The predicted molar refractivity (Wildman–Crippen MR) is 102 cm³/mol. The molecule has 2 atom stereocenters. The van der Waals surface area contributed by atoms with Gasteiger partial charge in [0, 0.05) is 31.1 Å². The van der Waals surface area contributed by atoms with E-state index < -0.39 is 6.61 Å². The van der Waals surface area contributed by atoms with Gasteiger partial charge in [-0.2, -0.15) is 13.9 Å². The smallest absolute Gasteiger partial charge is 0.387 e. The number of fused-ring (bicyclic) bond motifs is 3. The van der Waals surface area contributed by atoms with Crippen LogP contribution in [-0.2, 0) is 19.5 Å². The third-order valence-corrected chi connectivity index (χ3v) is 5.33. The third-order valence-electron chi connectivity index (χ3n) is 5.33. The van der Waals surface area contributed by atoms with Gasteiger partial charge in [0.05, 0.1) is 18.3 Å². The zero-order valence-corrected chi connectivity index (χ0v) is 16.5. The highest BCUT2D eigenvalue weighted by Gasteiger charge is 2.35. The molecular formula is C19H23ClF2N4O2. The number of halogens is 3. The van der Waals surface area contributed by atoms with Crippen molar-refractivity contribution >= 4 is 18.3 Å². The molecule has 1 N–H and O–H groups in total. The Morgan fingerprint density at radius 2 is 1.96 bits per heavy atom. The standard InChI is InChI=1S/C19H22F2N4O2.ClH/c1-11-9-16-15(10-22-11)17-18(26)24(7-8-25(17)23-16)12(2)13-3-5-14(6-4-13)27-19(20)21;/h3-6,11-12,19,22H,7-10H2,1-2H3;1H/t11-,12?;/m1./s1. The number of nitrogens with zero attached hydrogens (tertiary/aromatic N) is 3. The second-order valence-electron chi connectivity index (χ2n) is 7.11. The van der Waals surface area contributed by atoms with Crippen LogP contribution in [0.1, 0.15) is 47.2 Å². The Morgan fingerprint density at radius 1 is 1.25 bits per heavy atom. The average Bonchev–Trinajstić information content (AvgIpc) is 3.00. The molecule has 0 bridgehead atoms. The van der Waals surface area contributed by atoms with Gasteiger partial charge in [0.25, 0.3) is 5.91 Å². The summed E-state index contributed by atoms with van der Waals surface area (Å²) in [5.74, 6) is 0.0741. The van der Waals surface area contributed by atoms with Crippen molar-refractivity contribution in [3.63, 3.8) is 0 Å². The van der Waals surface area contributed by atoms with E-state index in [0.29, 0.717) is 31.4 Å². The second-order valence-corrected chi connectivity index (χ2v) is 7.11. The van der Waals surface area contributed by atoms with Crippen molar-refractivity contribution in [1.29, 1.82) is 0 Å². The molecule has 0 radical (unpaired) electrons. The van der Waals surface area contributed by atoms with Gasteiger partial charge in [-0.1, -0.05) is 12.1 Å². The summed E-state index contributed by atoms with van der Waals surface area (Å²) in [5.41, 5.74) is 3.54. The molecule has 28 heavy (non-hydrogen) atoms. The highest BCUT2D eigenvalue weighted by molar-refractivity contribution is 5.95. The quantitative estimate of drug-likeness (QED) is 0.838. The highest BCUT2D eigenvalue weighted by atomic mass is 35.5. The Bertz CT molecular complexity index is 856. The molecule has 0 aliphatic carbocycles. The van der Waals surface area contributed by atoms with E-state index in [4.69, 9.17) is 0 Å². The Kier molecular flexibility index (Phi) is 5.90. The van der Waals surface area contributed by atoms with Crippen LogP contribution in [0.25, 0.3) is 0 Å². The number of aromatic nitrogens is 2. The van der Waals surface area contributed by atoms with Crippen molar-refractivity contribution < 1.29 is 18.3 Å². The van der Waals surface area contributed by atoms with Crippen LogP contribution in [0.3, 0.4) is 0 Å².